The summed E-state index contributed by atoms with van der Waals surface area (Å²) in [6.45, 7) is 8.51. The van der Waals surface area contributed by atoms with Crippen molar-refractivity contribution in [3.63, 3.8) is 0 Å². The molecule has 0 aliphatic carbocycles. The van der Waals surface area contributed by atoms with Crippen LogP contribution in [0.25, 0.3) is 0 Å². The van der Waals surface area contributed by atoms with E-state index in [2.05, 4.69) is 75.2 Å². The summed E-state index contributed by atoms with van der Waals surface area (Å²) in [5.41, 5.74) is 2.54. The van der Waals surface area contributed by atoms with Crippen molar-refractivity contribution >= 4 is 5.69 Å². The zero-order chi connectivity index (χ0) is 12.0. The molecule has 0 heterocycles. The Morgan fingerprint density at radius 3 is 2.31 bits per heavy atom. The minimum Gasteiger partial charge on any atom is -0.341 e. The molecule has 16 heavy (non-hydrogen) atoms. The van der Waals surface area contributed by atoms with Crippen LogP contribution in [0, 0.1) is 0 Å². The van der Waals surface area contributed by atoms with Crippen molar-refractivity contribution in [1.82, 2.24) is 0 Å². The van der Waals surface area contributed by atoms with Gasteiger partial charge in [0.1, 0.15) is 0 Å². The van der Waals surface area contributed by atoms with Crippen molar-refractivity contribution in [1.29, 1.82) is 0 Å². The molecule has 0 aliphatic rings. The molecule has 0 N–H and O–H groups in total. The fourth-order valence-electron chi connectivity index (χ4n) is 1.68. The Morgan fingerprint density at radius 1 is 1.19 bits per heavy atom. The molecular formula is C15H21N. The molecule has 1 atom stereocenters. The molecule has 0 saturated heterocycles. The van der Waals surface area contributed by atoms with E-state index in [0.29, 0.717) is 6.04 Å². The van der Waals surface area contributed by atoms with Gasteiger partial charge in [0.05, 0.1) is 0 Å². The van der Waals surface area contributed by atoms with Crippen LogP contribution in [0.15, 0.2) is 54.3 Å². The lowest BCUT2D eigenvalue weighted by Gasteiger charge is -2.26. The van der Waals surface area contributed by atoms with Gasteiger partial charge in [-0.25, -0.2) is 0 Å². The van der Waals surface area contributed by atoms with Crippen molar-refractivity contribution in [2.24, 2.45) is 0 Å². The van der Waals surface area contributed by atoms with Crippen LogP contribution in [0.3, 0.4) is 0 Å². The lowest BCUT2D eigenvalue weighted by molar-refractivity contribution is 0.849. The summed E-state index contributed by atoms with van der Waals surface area (Å²) in [7, 11) is 0. The number of nitrogens with zero attached hydrogens (tertiary/aromatic N) is 1. The first-order chi connectivity index (χ1) is 7.65. The normalized spacial score (nSPS) is 12.5. The van der Waals surface area contributed by atoms with Gasteiger partial charge in [0.25, 0.3) is 0 Å². The minimum atomic E-state index is 0.377. The fourth-order valence-corrected chi connectivity index (χ4v) is 1.68. The monoisotopic (exact) mass is 215 g/mol. The Hall–Kier alpha value is -1.50. The summed E-state index contributed by atoms with van der Waals surface area (Å²) in [4.78, 5) is 2.29. The maximum atomic E-state index is 2.29. The summed E-state index contributed by atoms with van der Waals surface area (Å²) >= 11 is 0. The summed E-state index contributed by atoms with van der Waals surface area (Å²) < 4.78 is 0. The Kier molecular flexibility index (Phi) is 4.84. The van der Waals surface area contributed by atoms with Crippen LogP contribution in [0.2, 0.25) is 0 Å². The molecule has 1 aromatic rings. The number of hydrogen-bond donors (Lipinski definition) is 0. The second-order valence-corrected chi connectivity index (χ2v) is 4.22. The lowest BCUT2D eigenvalue weighted by Crippen LogP contribution is -2.26. The van der Waals surface area contributed by atoms with Crippen LogP contribution in [0.1, 0.15) is 27.7 Å². The van der Waals surface area contributed by atoms with Crippen molar-refractivity contribution in [2.45, 2.75) is 33.7 Å². The molecule has 1 unspecified atom stereocenters. The number of hydrogen-bond acceptors (Lipinski definition) is 1. The van der Waals surface area contributed by atoms with Crippen molar-refractivity contribution in [3.8, 4) is 0 Å². The minimum absolute atomic E-state index is 0.377. The molecule has 0 spiro atoms. The van der Waals surface area contributed by atoms with Crippen LogP contribution >= 0.6 is 0 Å². The van der Waals surface area contributed by atoms with E-state index in [1.807, 2.05) is 6.07 Å². The molecule has 0 aliphatic heterocycles. The first kappa shape index (κ1) is 12.6. The highest BCUT2D eigenvalue weighted by molar-refractivity contribution is 5.51. The van der Waals surface area contributed by atoms with Gasteiger partial charge in [-0.3, -0.25) is 0 Å². The van der Waals surface area contributed by atoms with Crippen molar-refractivity contribution in [3.05, 3.63) is 54.3 Å². The number of allylic oxidation sites excluding steroid dienone is 2. The largest absolute Gasteiger partial charge is 0.341 e. The maximum Gasteiger partial charge on any atom is 0.0488 e. The first-order valence-electron chi connectivity index (χ1n) is 5.76. The van der Waals surface area contributed by atoms with Crippen LogP contribution in [0.5, 0.6) is 0 Å². The Bertz CT molecular complexity index is 358. The number of para-hydroxylation sites is 1. The van der Waals surface area contributed by atoms with E-state index in [9.17, 15) is 0 Å². The van der Waals surface area contributed by atoms with Crippen molar-refractivity contribution in [2.75, 3.05) is 4.90 Å². The number of anilines is 1. The maximum absolute atomic E-state index is 2.29. The molecular weight excluding hydrogens is 194 g/mol. The third kappa shape index (κ3) is 3.58. The van der Waals surface area contributed by atoms with E-state index in [0.717, 1.165) is 0 Å². The van der Waals surface area contributed by atoms with Crippen LogP contribution in [-0.2, 0) is 0 Å². The fraction of sp³-hybridized carbons (Fsp3) is 0.333. The zero-order valence-corrected chi connectivity index (χ0v) is 10.6. The van der Waals surface area contributed by atoms with Gasteiger partial charge in [-0.1, -0.05) is 35.9 Å². The molecule has 86 valence electrons. The Balaban J connectivity index is 3.01. The SMILES string of the molecule is C/C=C\C(C)N(C=C(C)C)c1ccccc1. The molecule has 1 rings (SSSR count). The van der Waals surface area contributed by atoms with E-state index >= 15 is 0 Å². The van der Waals surface area contributed by atoms with Gasteiger partial charge in [0.15, 0.2) is 0 Å². The molecule has 0 bridgehead atoms. The highest BCUT2D eigenvalue weighted by Gasteiger charge is 2.08. The van der Waals surface area contributed by atoms with Gasteiger partial charge < -0.3 is 4.90 Å². The number of benzene rings is 1. The van der Waals surface area contributed by atoms with Crippen molar-refractivity contribution < 1.29 is 0 Å². The molecule has 1 aromatic carbocycles. The summed E-state index contributed by atoms with van der Waals surface area (Å²) in [5.74, 6) is 0. The van der Waals surface area contributed by atoms with E-state index in [1.54, 1.807) is 0 Å². The lowest BCUT2D eigenvalue weighted by atomic mass is 10.2. The predicted molar refractivity (Wildman–Crippen MR) is 72.6 cm³/mol. The Labute approximate surface area is 99.1 Å². The topological polar surface area (TPSA) is 3.24 Å². The summed E-state index contributed by atoms with van der Waals surface area (Å²) in [6.07, 6.45) is 6.49. The van der Waals surface area contributed by atoms with Gasteiger partial charge in [-0.15, -0.1) is 0 Å². The van der Waals surface area contributed by atoms with Crippen LogP contribution in [-0.4, -0.2) is 6.04 Å². The van der Waals surface area contributed by atoms with Gasteiger partial charge in [0.2, 0.25) is 0 Å². The third-order valence-corrected chi connectivity index (χ3v) is 2.36. The first-order valence-corrected chi connectivity index (χ1v) is 5.76. The summed E-state index contributed by atoms with van der Waals surface area (Å²) in [5, 5.41) is 0. The standard InChI is InChI=1S/C15H21N/c1-5-9-14(4)16(12-13(2)3)15-10-7-6-8-11-15/h5-12,14H,1-4H3/b9-5-. The summed E-state index contributed by atoms with van der Waals surface area (Å²) in [6, 6.07) is 10.8. The predicted octanol–water partition coefficient (Wildman–Crippen LogP) is 4.38. The van der Waals surface area contributed by atoms with E-state index < -0.39 is 0 Å². The number of rotatable bonds is 4. The van der Waals surface area contributed by atoms with E-state index in [1.165, 1.54) is 11.3 Å². The average Bonchev–Trinajstić information content (AvgIpc) is 2.27. The second-order valence-electron chi connectivity index (χ2n) is 4.22. The van der Waals surface area contributed by atoms with Gasteiger partial charge in [0, 0.05) is 17.9 Å². The van der Waals surface area contributed by atoms with Crippen LogP contribution < -0.4 is 4.90 Å². The van der Waals surface area contributed by atoms with E-state index in [4.69, 9.17) is 0 Å². The van der Waals surface area contributed by atoms with Crippen LogP contribution in [0.4, 0.5) is 5.69 Å². The van der Waals surface area contributed by atoms with E-state index in [-0.39, 0.29) is 0 Å². The molecule has 1 nitrogen and oxygen atoms in total. The second kappa shape index (κ2) is 6.16. The Morgan fingerprint density at radius 2 is 1.81 bits per heavy atom. The molecule has 0 fully saturated rings. The molecule has 0 amide bonds. The van der Waals surface area contributed by atoms with Gasteiger partial charge in [-0.05, 0) is 39.8 Å². The van der Waals surface area contributed by atoms with Gasteiger partial charge in [-0.2, -0.15) is 0 Å². The highest BCUT2D eigenvalue weighted by Crippen LogP contribution is 2.18. The molecule has 1 heteroatoms. The zero-order valence-electron chi connectivity index (χ0n) is 10.6. The highest BCUT2D eigenvalue weighted by atomic mass is 15.1. The molecule has 0 radical (unpaired) electrons. The third-order valence-electron chi connectivity index (χ3n) is 2.36. The molecule has 0 aromatic heterocycles. The smallest absolute Gasteiger partial charge is 0.0488 e. The quantitative estimate of drug-likeness (QED) is 0.674. The van der Waals surface area contributed by atoms with Gasteiger partial charge >= 0.3 is 0 Å². The molecule has 0 saturated carbocycles. The average molecular weight is 215 g/mol.